The number of amides is 1. The van der Waals surface area contributed by atoms with Crippen molar-refractivity contribution in [1.82, 2.24) is 5.32 Å². The van der Waals surface area contributed by atoms with Crippen LogP contribution in [0.25, 0.3) is 0 Å². The highest BCUT2D eigenvalue weighted by molar-refractivity contribution is 5.80. The van der Waals surface area contributed by atoms with E-state index in [1.165, 1.54) is 16.7 Å². The quantitative estimate of drug-likeness (QED) is 0.778. The first-order chi connectivity index (χ1) is 11.9. The van der Waals surface area contributed by atoms with E-state index in [0.29, 0.717) is 13.2 Å². The van der Waals surface area contributed by atoms with Gasteiger partial charge in [-0.3, -0.25) is 4.79 Å². The summed E-state index contributed by atoms with van der Waals surface area (Å²) in [6, 6.07) is 11.9. The fourth-order valence-corrected chi connectivity index (χ4v) is 2.47. The summed E-state index contributed by atoms with van der Waals surface area (Å²) >= 11 is 0. The molecule has 0 radical (unpaired) electrons. The van der Waals surface area contributed by atoms with Crippen LogP contribution in [0.15, 0.2) is 36.4 Å². The Morgan fingerprint density at radius 2 is 1.76 bits per heavy atom. The van der Waals surface area contributed by atoms with Crippen molar-refractivity contribution in [3.8, 4) is 11.5 Å². The average Bonchev–Trinajstić information content (AvgIpc) is 2.57. The zero-order chi connectivity index (χ0) is 18.4. The molecule has 0 aromatic heterocycles. The van der Waals surface area contributed by atoms with E-state index in [0.717, 1.165) is 17.1 Å². The number of carbonyl (C=O) groups excluding carboxylic acids is 1. The molecule has 0 fully saturated rings. The minimum atomic E-state index is -0.553. The van der Waals surface area contributed by atoms with E-state index < -0.39 is 6.10 Å². The molecule has 2 aromatic carbocycles. The molecule has 4 nitrogen and oxygen atoms in total. The van der Waals surface area contributed by atoms with E-state index in [2.05, 4.69) is 19.2 Å². The van der Waals surface area contributed by atoms with Crippen LogP contribution in [0.5, 0.6) is 11.5 Å². The van der Waals surface area contributed by atoms with Crippen LogP contribution < -0.4 is 14.8 Å². The first-order valence-electron chi connectivity index (χ1n) is 8.58. The molecule has 134 valence electrons. The van der Waals surface area contributed by atoms with E-state index >= 15 is 0 Å². The number of hydrogen-bond donors (Lipinski definition) is 1. The third-order valence-electron chi connectivity index (χ3n) is 4.15. The second-order valence-electron chi connectivity index (χ2n) is 6.41. The summed E-state index contributed by atoms with van der Waals surface area (Å²) in [5.41, 5.74) is 4.62. The summed E-state index contributed by atoms with van der Waals surface area (Å²) < 4.78 is 11.4. The van der Waals surface area contributed by atoms with Gasteiger partial charge in [0.2, 0.25) is 0 Å². The molecule has 2 rings (SSSR count). The van der Waals surface area contributed by atoms with Gasteiger partial charge < -0.3 is 14.8 Å². The maximum absolute atomic E-state index is 12.1. The summed E-state index contributed by atoms with van der Waals surface area (Å²) in [4.78, 5) is 12.1. The van der Waals surface area contributed by atoms with E-state index in [1.54, 1.807) is 6.92 Å². The molecule has 1 amide bonds. The Bertz CT molecular complexity index is 740. The summed E-state index contributed by atoms with van der Waals surface area (Å²) in [7, 11) is 0. The van der Waals surface area contributed by atoms with Crippen LogP contribution in [0, 0.1) is 27.7 Å². The number of ether oxygens (including phenoxy) is 2. The van der Waals surface area contributed by atoms with Gasteiger partial charge in [-0.05, 0) is 69.5 Å². The second-order valence-corrected chi connectivity index (χ2v) is 6.41. The Hall–Kier alpha value is -2.49. The number of hydrogen-bond acceptors (Lipinski definition) is 3. The van der Waals surface area contributed by atoms with Crippen molar-refractivity contribution in [2.45, 2.75) is 40.7 Å². The van der Waals surface area contributed by atoms with Crippen molar-refractivity contribution >= 4 is 5.91 Å². The Labute approximate surface area is 150 Å². The third-order valence-corrected chi connectivity index (χ3v) is 4.15. The lowest BCUT2D eigenvalue weighted by atomic mass is 10.1. The van der Waals surface area contributed by atoms with Crippen LogP contribution in [-0.2, 0) is 4.79 Å². The monoisotopic (exact) mass is 341 g/mol. The Morgan fingerprint density at radius 3 is 2.44 bits per heavy atom. The number of nitrogens with one attached hydrogen (secondary N) is 1. The minimum Gasteiger partial charge on any atom is -0.492 e. The maximum Gasteiger partial charge on any atom is 0.260 e. The van der Waals surface area contributed by atoms with Crippen molar-refractivity contribution in [3.05, 3.63) is 58.7 Å². The van der Waals surface area contributed by atoms with Crippen molar-refractivity contribution in [3.63, 3.8) is 0 Å². The number of rotatable bonds is 7. The minimum absolute atomic E-state index is 0.149. The first kappa shape index (κ1) is 18.8. The van der Waals surface area contributed by atoms with Gasteiger partial charge in [0, 0.05) is 0 Å². The molecule has 0 spiro atoms. The van der Waals surface area contributed by atoms with E-state index in [9.17, 15) is 4.79 Å². The zero-order valence-electron chi connectivity index (χ0n) is 15.7. The van der Waals surface area contributed by atoms with Crippen molar-refractivity contribution in [2.75, 3.05) is 13.2 Å². The molecule has 25 heavy (non-hydrogen) atoms. The van der Waals surface area contributed by atoms with Crippen molar-refractivity contribution in [1.29, 1.82) is 0 Å². The summed E-state index contributed by atoms with van der Waals surface area (Å²) in [5, 5.41) is 2.84. The van der Waals surface area contributed by atoms with Gasteiger partial charge in [-0.25, -0.2) is 0 Å². The van der Waals surface area contributed by atoms with Crippen molar-refractivity contribution < 1.29 is 14.3 Å². The highest BCUT2D eigenvalue weighted by Crippen LogP contribution is 2.20. The summed E-state index contributed by atoms with van der Waals surface area (Å²) in [6.07, 6.45) is -0.553. The third kappa shape index (κ3) is 5.52. The molecule has 2 aromatic rings. The molecule has 0 unspecified atom stereocenters. The van der Waals surface area contributed by atoms with Crippen LogP contribution in [0.1, 0.15) is 29.2 Å². The molecule has 0 aliphatic rings. The van der Waals surface area contributed by atoms with Gasteiger partial charge >= 0.3 is 0 Å². The fourth-order valence-electron chi connectivity index (χ4n) is 2.47. The van der Waals surface area contributed by atoms with Gasteiger partial charge in [0.05, 0.1) is 6.54 Å². The van der Waals surface area contributed by atoms with Gasteiger partial charge in [0.25, 0.3) is 5.91 Å². The maximum atomic E-state index is 12.1. The molecular weight excluding hydrogens is 314 g/mol. The molecule has 1 atom stereocenters. The largest absolute Gasteiger partial charge is 0.492 e. The molecule has 0 heterocycles. The van der Waals surface area contributed by atoms with Crippen LogP contribution >= 0.6 is 0 Å². The molecule has 0 aliphatic carbocycles. The molecule has 0 bridgehead atoms. The van der Waals surface area contributed by atoms with Gasteiger partial charge in [-0.2, -0.15) is 0 Å². The SMILES string of the molecule is Cc1ccc(O[C@@H](C)C(=O)NCCOc2ccc(C)c(C)c2)c(C)c1. The molecule has 0 saturated carbocycles. The van der Waals surface area contributed by atoms with Gasteiger partial charge in [-0.1, -0.05) is 23.8 Å². The topological polar surface area (TPSA) is 47.6 Å². The lowest BCUT2D eigenvalue weighted by molar-refractivity contribution is -0.127. The molecular formula is C21H27NO3. The number of carbonyl (C=O) groups is 1. The van der Waals surface area contributed by atoms with Crippen LogP contribution in [0.3, 0.4) is 0 Å². The average molecular weight is 341 g/mol. The first-order valence-corrected chi connectivity index (χ1v) is 8.58. The van der Waals surface area contributed by atoms with E-state index in [1.807, 2.05) is 50.2 Å². The predicted molar refractivity (Wildman–Crippen MR) is 100 cm³/mol. The molecule has 4 heteroatoms. The highest BCUT2D eigenvalue weighted by atomic mass is 16.5. The molecule has 0 saturated heterocycles. The molecule has 0 aliphatic heterocycles. The lowest BCUT2D eigenvalue weighted by Crippen LogP contribution is -2.38. The molecule has 1 N–H and O–H groups in total. The van der Waals surface area contributed by atoms with E-state index in [4.69, 9.17) is 9.47 Å². The number of aryl methyl sites for hydroxylation is 4. The predicted octanol–water partition coefficient (Wildman–Crippen LogP) is 3.88. The van der Waals surface area contributed by atoms with Crippen LogP contribution in [-0.4, -0.2) is 25.2 Å². The van der Waals surface area contributed by atoms with Gasteiger partial charge in [-0.15, -0.1) is 0 Å². The fraction of sp³-hybridized carbons (Fsp3) is 0.381. The van der Waals surface area contributed by atoms with Crippen LogP contribution in [0.2, 0.25) is 0 Å². The Morgan fingerprint density at radius 1 is 1.00 bits per heavy atom. The normalized spacial score (nSPS) is 11.7. The van der Waals surface area contributed by atoms with Gasteiger partial charge in [0.1, 0.15) is 18.1 Å². The number of benzene rings is 2. The standard InChI is InChI=1S/C21H27NO3/c1-14-6-9-20(17(4)12-14)25-18(5)21(23)22-10-11-24-19-8-7-15(2)16(3)13-19/h6-9,12-13,18H,10-11H2,1-5H3,(H,22,23)/t18-/m0/s1. The zero-order valence-corrected chi connectivity index (χ0v) is 15.7. The van der Waals surface area contributed by atoms with Crippen LogP contribution in [0.4, 0.5) is 0 Å². The van der Waals surface area contributed by atoms with Crippen molar-refractivity contribution in [2.24, 2.45) is 0 Å². The summed E-state index contributed by atoms with van der Waals surface area (Å²) in [5.74, 6) is 1.40. The Balaban J connectivity index is 1.76. The highest BCUT2D eigenvalue weighted by Gasteiger charge is 2.15. The smallest absolute Gasteiger partial charge is 0.260 e. The summed E-state index contributed by atoms with van der Waals surface area (Å²) in [6.45, 7) is 10.7. The van der Waals surface area contributed by atoms with Gasteiger partial charge in [0.15, 0.2) is 6.10 Å². The lowest BCUT2D eigenvalue weighted by Gasteiger charge is -2.16. The van der Waals surface area contributed by atoms with E-state index in [-0.39, 0.29) is 5.91 Å². The Kier molecular flexibility index (Phi) is 6.45. The second kappa shape index (κ2) is 8.56.